The maximum atomic E-state index is 11.2. The van der Waals surface area contributed by atoms with Gasteiger partial charge in [-0.15, -0.1) is 0 Å². The van der Waals surface area contributed by atoms with Crippen molar-refractivity contribution in [1.29, 1.82) is 0 Å². The van der Waals surface area contributed by atoms with E-state index < -0.39 is 0 Å². The zero-order valence-corrected chi connectivity index (χ0v) is 13.5. The fourth-order valence-corrected chi connectivity index (χ4v) is 2.52. The molecule has 17 heavy (non-hydrogen) atoms. The van der Waals surface area contributed by atoms with E-state index in [1.807, 2.05) is 0 Å². The zero-order chi connectivity index (χ0) is 12.9. The van der Waals surface area contributed by atoms with Crippen LogP contribution in [-0.2, 0) is 9.59 Å². The van der Waals surface area contributed by atoms with E-state index in [2.05, 4.69) is 31.9 Å². The number of Topliss-reactive ketones (excluding diaryl/α,β-unsaturated/α-hetero) is 2. The van der Waals surface area contributed by atoms with Crippen molar-refractivity contribution in [2.45, 2.75) is 57.8 Å². The van der Waals surface area contributed by atoms with Gasteiger partial charge in [0.2, 0.25) is 0 Å². The number of hydrogen-bond donors (Lipinski definition) is 0. The molecule has 0 aromatic rings. The summed E-state index contributed by atoms with van der Waals surface area (Å²) < 4.78 is 0. The summed E-state index contributed by atoms with van der Waals surface area (Å²) in [5, 5.41) is 1.56. The molecule has 0 heterocycles. The molecule has 0 aliphatic carbocycles. The number of hydrogen-bond acceptors (Lipinski definition) is 2. The quantitative estimate of drug-likeness (QED) is 0.376. The highest BCUT2D eigenvalue weighted by Crippen LogP contribution is 2.09. The first kappa shape index (κ1) is 17.3. The third-order valence-electron chi connectivity index (χ3n) is 2.66. The molecule has 0 aromatic heterocycles. The van der Waals surface area contributed by atoms with Crippen LogP contribution in [0.5, 0.6) is 0 Å². The maximum absolute atomic E-state index is 11.2. The smallest absolute Gasteiger partial charge is 0.133 e. The lowest BCUT2D eigenvalue weighted by molar-refractivity contribution is -0.119. The van der Waals surface area contributed by atoms with Crippen LogP contribution in [-0.4, -0.2) is 22.2 Å². The Balaban J connectivity index is 3.18. The number of unbranched alkanes of at least 4 members (excludes halogenated alkanes) is 4. The summed E-state index contributed by atoms with van der Waals surface area (Å²) in [4.78, 5) is 22.4. The molecular weight excluding hydrogens is 348 g/mol. The van der Waals surface area contributed by atoms with E-state index >= 15 is 0 Å². The molecule has 0 atom stereocenters. The highest BCUT2D eigenvalue weighted by Gasteiger charge is 2.02. The second-order valence-corrected chi connectivity index (χ2v) is 5.81. The largest absolute Gasteiger partial charge is 0.300 e. The van der Waals surface area contributed by atoms with Crippen LogP contribution < -0.4 is 0 Å². The molecule has 0 aliphatic heterocycles. The Bertz CT molecular complexity index is 195. The van der Waals surface area contributed by atoms with Crippen LogP contribution >= 0.6 is 31.9 Å². The Morgan fingerprint density at radius 1 is 0.588 bits per heavy atom. The van der Waals surface area contributed by atoms with E-state index in [0.29, 0.717) is 37.2 Å². The van der Waals surface area contributed by atoms with Gasteiger partial charge in [0.15, 0.2) is 0 Å². The predicted octanol–water partition coefficient (Wildman–Crippen LogP) is 4.43. The van der Waals surface area contributed by atoms with Gasteiger partial charge in [0.05, 0.1) is 0 Å². The maximum Gasteiger partial charge on any atom is 0.133 e. The molecule has 4 heteroatoms. The molecule has 2 nitrogen and oxygen atoms in total. The van der Waals surface area contributed by atoms with Crippen LogP contribution in [0.1, 0.15) is 57.8 Å². The van der Waals surface area contributed by atoms with E-state index in [4.69, 9.17) is 0 Å². The minimum Gasteiger partial charge on any atom is -0.300 e. The standard InChI is InChI=1S/C13H22Br2O2/c14-10-8-12(16)6-4-2-1-3-5-7-13(17)9-11-15/h1-11H2. The SMILES string of the molecule is O=C(CCBr)CCCCCCCC(=O)CCBr. The fraction of sp³-hybridized carbons (Fsp3) is 0.846. The van der Waals surface area contributed by atoms with Crippen molar-refractivity contribution >= 4 is 43.4 Å². The Morgan fingerprint density at radius 2 is 0.941 bits per heavy atom. The Labute approximate surface area is 121 Å². The monoisotopic (exact) mass is 368 g/mol. The van der Waals surface area contributed by atoms with Crippen molar-refractivity contribution in [3.8, 4) is 0 Å². The molecule has 0 saturated heterocycles. The molecule has 0 amide bonds. The van der Waals surface area contributed by atoms with Crippen LogP contribution in [0.25, 0.3) is 0 Å². The number of ketones is 2. The first-order chi connectivity index (χ1) is 8.20. The van der Waals surface area contributed by atoms with Crippen LogP contribution in [0, 0.1) is 0 Å². The van der Waals surface area contributed by atoms with Crippen molar-refractivity contribution in [3.05, 3.63) is 0 Å². The van der Waals surface area contributed by atoms with E-state index in [1.165, 1.54) is 0 Å². The van der Waals surface area contributed by atoms with Gasteiger partial charge in [-0.05, 0) is 12.8 Å². The van der Waals surface area contributed by atoms with Gasteiger partial charge in [0, 0.05) is 36.3 Å². The lowest BCUT2D eigenvalue weighted by atomic mass is 10.1. The molecule has 0 radical (unpaired) electrons. The third-order valence-corrected chi connectivity index (χ3v) is 3.45. The van der Waals surface area contributed by atoms with Crippen molar-refractivity contribution in [3.63, 3.8) is 0 Å². The Hall–Kier alpha value is 0.300. The van der Waals surface area contributed by atoms with E-state index in [0.717, 1.165) is 42.8 Å². The summed E-state index contributed by atoms with van der Waals surface area (Å²) in [6.07, 6.45) is 8.11. The molecule has 0 unspecified atom stereocenters. The lowest BCUT2D eigenvalue weighted by Crippen LogP contribution is -1.99. The number of halogens is 2. The van der Waals surface area contributed by atoms with Gasteiger partial charge in [-0.2, -0.15) is 0 Å². The lowest BCUT2D eigenvalue weighted by Gasteiger charge is -2.01. The molecule has 0 rings (SSSR count). The summed E-state index contributed by atoms with van der Waals surface area (Å²) in [7, 11) is 0. The van der Waals surface area contributed by atoms with Crippen molar-refractivity contribution in [2.24, 2.45) is 0 Å². The fourth-order valence-electron chi connectivity index (χ4n) is 1.64. The van der Waals surface area contributed by atoms with Gasteiger partial charge in [0.1, 0.15) is 11.6 Å². The minimum atomic E-state index is 0.356. The number of carbonyl (C=O) groups is 2. The average Bonchev–Trinajstić information content (AvgIpc) is 2.28. The Morgan fingerprint density at radius 3 is 1.29 bits per heavy atom. The van der Waals surface area contributed by atoms with Crippen LogP contribution in [0.3, 0.4) is 0 Å². The molecule has 0 spiro atoms. The average molecular weight is 370 g/mol. The highest BCUT2D eigenvalue weighted by molar-refractivity contribution is 9.09. The first-order valence-electron chi connectivity index (χ1n) is 6.36. The molecule has 0 fully saturated rings. The third kappa shape index (κ3) is 12.5. The molecule has 0 aliphatic rings. The van der Waals surface area contributed by atoms with E-state index in [-0.39, 0.29) is 0 Å². The number of carbonyl (C=O) groups excluding carboxylic acids is 2. The molecule has 100 valence electrons. The molecule has 0 saturated carbocycles. The zero-order valence-electron chi connectivity index (χ0n) is 10.4. The van der Waals surface area contributed by atoms with Crippen LogP contribution in [0.2, 0.25) is 0 Å². The number of alkyl halides is 2. The summed E-state index contributed by atoms with van der Waals surface area (Å²) in [5.74, 6) is 0.712. The second kappa shape index (κ2) is 12.7. The van der Waals surface area contributed by atoms with Gasteiger partial charge < -0.3 is 0 Å². The van der Waals surface area contributed by atoms with Crippen molar-refractivity contribution < 1.29 is 9.59 Å². The first-order valence-corrected chi connectivity index (χ1v) is 8.60. The van der Waals surface area contributed by atoms with Gasteiger partial charge >= 0.3 is 0 Å². The number of rotatable bonds is 12. The van der Waals surface area contributed by atoms with Crippen LogP contribution in [0.15, 0.2) is 0 Å². The molecule has 0 aromatic carbocycles. The predicted molar refractivity (Wildman–Crippen MR) is 79.2 cm³/mol. The van der Waals surface area contributed by atoms with Gasteiger partial charge in [-0.25, -0.2) is 0 Å². The summed E-state index contributed by atoms with van der Waals surface area (Å²) in [5.41, 5.74) is 0. The Kier molecular flexibility index (Phi) is 13.0. The summed E-state index contributed by atoms with van der Waals surface area (Å²) in [6, 6.07) is 0. The molecular formula is C13H22Br2O2. The topological polar surface area (TPSA) is 34.1 Å². The highest BCUT2D eigenvalue weighted by atomic mass is 79.9. The summed E-state index contributed by atoms with van der Waals surface area (Å²) in [6.45, 7) is 0. The summed E-state index contributed by atoms with van der Waals surface area (Å²) >= 11 is 6.53. The van der Waals surface area contributed by atoms with Crippen molar-refractivity contribution in [1.82, 2.24) is 0 Å². The molecule has 0 bridgehead atoms. The van der Waals surface area contributed by atoms with Crippen molar-refractivity contribution in [2.75, 3.05) is 10.7 Å². The van der Waals surface area contributed by atoms with Gasteiger partial charge in [-0.3, -0.25) is 9.59 Å². The second-order valence-electron chi connectivity index (χ2n) is 4.22. The molecule has 0 N–H and O–H groups in total. The van der Waals surface area contributed by atoms with Gasteiger partial charge in [-0.1, -0.05) is 51.1 Å². The van der Waals surface area contributed by atoms with Crippen LogP contribution in [0.4, 0.5) is 0 Å². The van der Waals surface area contributed by atoms with E-state index in [9.17, 15) is 9.59 Å². The van der Waals surface area contributed by atoms with Gasteiger partial charge in [0.25, 0.3) is 0 Å². The minimum absolute atomic E-state index is 0.356. The normalized spacial score (nSPS) is 10.5. The van der Waals surface area contributed by atoms with E-state index in [1.54, 1.807) is 0 Å².